The standard InChI is InChI=1S/C22H22N4O2/c1-3-26(20-10-5-4-6-11-20)21-13-12-17(15-23-21)22(28)25-19-9-7-8-18(14-19)24-16(2)27/h4-15H,3H2,1-2H3,(H,24,27)(H,25,28). The minimum atomic E-state index is -0.262. The van der Waals surface area contributed by atoms with E-state index < -0.39 is 0 Å². The molecular formula is C22H22N4O2. The molecule has 3 rings (SSSR count). The summed E-state index contributed by atoms with van der Waals surface area (Å²) in [4.78, 5) is 30.2. The number of amides is 2. The van der Waals surface area contributed by atoms with Gasteiger partial charge in [-0.05, 0) is 49.4 Å². The van der Waals surface area contributed by atoms with E-state index in [2.05, 4.69) is 27.4 Å². The lowest BCUT2D eigenvalue weighted by Crippen LogP contribution is -2.18. The molecule has 0 radical (unpaired) electrons. The van der Waals surface area contributed by atoms with E-state index in [4.69, 9.17) is 0 Å². The van der Waals surface area contributed by atoms with Crippen LogP contribution in [0.4, 0.5) is 22.9 Å². The fourth-order valence-corrected chi connectivity index (χ4v) is 2.85. The number of anilines is 4. The highest BCUT2D eigenvalue weighted by atomic mass is 16.2. The van der Waals surface area contributed by atoms with Gasteiger partial charge < -0.3 is 15.5 Å². The van der Waals surface area contributed by atoms with E-state index in [1.165, 1.54) is 6.92 Å². The second-order valence-electron chi connectivity index (χ2n) is 6.20. The maximum absolute atomic E-state index is 12.5. The first-order valence-corrected chi connectivity index (χ1v) is 9.04. The fraction of sp³-hybridized carbons (Fsp3) is 0.136. The number of nitrogens with one attached hydrogen (secondary N) is 2. The normalized spacial score (nSPS) is 10.2. The van der Waals surface area contributed by atoms with Gasteiger partial charge in [-0.15, -0.1) is 0 Å². The first kappa shape index (κ1) is 19.1. The number of carbonyl (C=O) groups is 2. The van der Waals surface area contributed by atoms with Crippen molar-refractivity contribution in [2.45, 2.75) is 13.8 Å². The maximum Gasteiger partial charge on any atom is 0.257 e. The van der Waals surface area contributed by atoms with Gasteiger partial charge in [-0.2, -0.15) is 0 Å². The van der Waals surface area contributed by atoms with Crippen molar-refractivity contribution >= 4 is 34.7 Å². The number of para-hydroxylation sites is 1. The van der Waals surface area contributed by atoms with Gasteiger partial charge in [-0.3, -0.25) is 9.59 Å². The van der Waals surface area contributed by atoms with Crippen molar-refractivity contribution in [3.63, 3.8) is 0 Å². The SMILES string of the molecule is CCN(c1ccccc1)c1ccc(C(=O)Nc2cccc(NC(C)=O)c2)cn1. The lowest BCUT2D eigenvalue weighted by atomic mass is 10.2. The molecule has 0 unspecified atom stereocenters. The van der Waals surface area contributed by atoms with Gasteiger partial charge in [-0.25, -0.2) is 4.98 Å². The van der Waals surface area contributed by atoms with Crippen LogP contribution in [0.5, 0.6) is 0 Å². The highest BCUT2D eigenvalue weighted by Crippen LogP contribution is 2.23. The van der Waals surface area contributed by atoms with Gasteiger partial charge in [-0.1, -0.05) is 24.3 Å². The summed E-state index contributed by atoms with van der Waals surface area (Å²) in [5, 5.41) is 5.51. The highest BCUT2D eigenvalue weighted by molar-refractivity contribution is 6.04. The molecule has 0 spiro atoms. The third-order valence-corrected chi connectivity index (χ3v) is 4.11. The van der Waals surface area contributed by atoms with Gasteiger partial charge in [0.05, 0.1) is 5.56 Å². The van der Waals surface area contributed by atoms with Crippen molar-refractivity contribution in [2.75, 3.05) is 22.1 Å². The molecule has 3 aromatic rings. The topological polar surface area (TPSA) is 74.3 Å². The van der Waals surface area contributed by atoms with Crippen LogP contribution in [-0.2, 0) is 4.79 Å². The summed E-state index contributed by atoms with van der Waals surface area (Å²) in [6.45, 7) is 4.25. The van der Waals surface area contributed by atoms with Crippen LogP contribution in [0.1, 0.15) is 24.2 Å². The predicted octanol–water partition coefficient (Wildman–Crippen LogP) is 4.45. The molecule has 1 aromatic heterocycles. The van der Waals surface area contributed by atoms with E-state index in [-0.39, 0.29) is 11.8 Å². The largest absolute Gasteiger partial charge is 0.327 e. The Kier molecular flexibility index (Phi) is 6.01. The van der Waals surface area contributed by atoms with Gasteiger partial charge in [0.25, 0.3) is 5.91 Å². The minimum Gasteiger partial charge on any atom is -0.327 e. The Morgan fingerprint density at radius 3 is 2.25 bits per heavy atom. The summed E-state index contributed by atoms with van der Waals surface area (Å²) in [6, 6.07) is 20.6. The summed E-state index contributed by atoms with van der Waals surface area (Å²) in [6.07, 6.45) is 1.56. The monoisotopic (exact) mass is 374 g/mol. The Hall–Kier alpha value is -3.67. The number of benzene rings is 2. The Morgan fingerprint density at radius 1 is 0.929 bits per heavy atom. The Bertz CT molecular complexity index is 956. The molecule has 0 bridgehead atoms. The Labute approximate surface area is 164 Å². The number of hydrogen-bond donors (Lipinski definition) is 2. The van der Waals surface area contributed by atoms with E-state index in [1.54, 1.807) is 36.5 Å². The first-order chi connectivity index (χ1) is 13.6. The van der Waals surface area contributed by atoms with Crippen LogP contribution in [0, 0.1) is 0 Å². The van der Waals surface area contributed by atoms with Crippen molar-refractivity contribution in [3.05, 3.63) is 78.5 Å². The van der Waals surface area contributed by atoms with Gasteiger partial charge in [0.1, 0.15) is 5.82 Å². The van der Waals surface area contributed by atoms with Gasteiger partial charge in [0, 0.05) is 36.7 Å². The third kappa shape index (κ3) is 4.73. The molecule has 0 aliphatic heterocycles. The van der Waals surface area contributed by atoms with Crippen LogP contribution >= 0.6 is 0 Å². The third-order valence-electron chi connectivity index (χ3n) is 4.11. The zero-order chi connectivity index (χ0) is 19.9. The van der Waals surface area contributed by atoms with Crippen molar-refractivity contribution in [1.82, 2.24) is 4.98 Å². The number of carbonyl (C=O) groups excluding carboxylic acids is 2. The smallest absolute Gasteiger partial charge is 0.257 e. The number of pyridine rings is 1. The van der Waals surface area contributed by atoms with Crippen LogP contribution in [0.2, 0.25) is 0 Å². The van der Waals surface area contributed by atoms with Crippen LogP contribution in [0.3, 0.4) is 0 Å². The molecule has 0 saturated heterocycles. The summed E-state index contributed by atoms with van der Waals surface area (Å²) >= 11 is 0. The lowest BCUT2D eigenvalue weighted by molar-refractivity contribution is -0.114. The van der Waals surface area contributed by atoms with Crippen molar-refractivity contribution in [2.24, 2.45) is 0 Å². The summed E-state index contributed by atoms with van der Waals surface area (Å²) in [7, 11) is 0. The molecule has 0 atom stereocenters. The van der Waals surface area contributed by atoms with Crippen molar-refractivity contribution < 1.29 is 9.59 Å². The molecular weight excluding hydrogens is 352 g/mol. The summed E-state index contributed by atoms with van der Waals surface area (Å²) in [5.74, 6) is 0.349. The van der Waals surface area contributed by atoms with E-state index in [0.29, 0.717) is 16.9 Å². The number of aromatic nitrogens is 1. The Balaban J connectivity index is 1.72. The van der Waals surface area contributed by atoms with Crippen molar-refractivity contribution in [3.8, 4) is 0 Å². The average molecular weight is 374 g/mol. The Morgan fingerprint density at radius 2 is 1.64 bits per heavy atom. The molecule has 0 aliphatic carbocycles. The number of nitrogens with zero attached hydrogens (tertiary/aromatic N) is 2. The molecule has 2 N–H and O–H groups in total. The van der Waals surface area contributed by atoms with Crippen LogP contribution < -0.4 is 15.5 Å². The predicted molar refractivity (Wildman–Crippen MR) is 112 cm³/mol. The molecule has 2 aromatic carbocycles. The summed E-state index contributed by atoms with van der Waals surface area (Å²) < 4.78 is 0. The van der Waals surface area contributed by atoms with Crippen LogP contribution in [-0.4, -0.2) is 23.3 Å². The van der Waals surface area contributed by atoms with Crippen molar-refractivity contribution in [1.29, 1.82) is 0 Å². The molecule has 0 saturated carbocycles. The quantitative estimate of drug-likeness (QED) is 0.668. The lowest BCUT2D eigenvalue weighted by Gasteiger charge is -2.22. The maximum atomic E-state index is 12.5. The first-order valence-electron chi connectivity index (χ1n) is 9.04. The number of rotatable bonds is 6. The van der Waals surface area contributed by atoms with E-state index in [1.807, 2.05) is 36.4 Å². The van der Waals surface area contributed by atoms with Gasteiger partial charge in [0.2, 0.25) is 5.91 Å². The van der Waals surface area contributed by atoms with Crippen LogP contribution in [0.25, 0.3) is 0 Å². The average Bonchev–Trinajstić information content (AvgIpc) is 2.70. The molecule has 0 fully saturated rings. The molecule has 6 nitrogen and oxygen atoms in total. The zero-order valence-corrected chi connectivity index (χ0v) is 15.8. The zero-order valence-electron chi connectivity index (χ0n) is 15.8. The molecule has 2 amide bonds. The number of hydrogen-bond acceptors (Lipinski definition) is 4. The molecule has 28 heavy (non-hydrogen) atoms. The summed E-state index contributed by atoms with van der Waals surface area (Å²) in [5.41, 5.74) is 2.72. The molecule has 0 aliphatic rings. The second kappa shape index (κ2) is 8.81. The highest BCUT2D eigenvalue weighted by Gasteiger charge is 2.11. The molecule has 6 heteroatoms. The minimum absolute atomic E-state index is 0.165. The molecule has 1 heterocycles. The van der Waals surface area contributed by atoms with E-state index in [9.17, 15) is 9.59 Å². The molecule has 142 valence electrons. The second-order valence-corrected chi connectivity index (χ2v) is 6.20. The van der Waals surface area contributed by atoms with E-state index in [0.717, 1.165) is 18.1 Å². The van der Waals surface area contributed by atoms with E-state index >= 15 is 0 Å². The van der Waals surface area contributed by atoms with Crippen LogP contribution in [0.15, 0.2) is 72.9 Å². The fourth-order valence-electron chi connectivity index (χ4n) is 2.85. The van der Waals surface area contributed by atoms with Gasteiger partial charge >= 0.3 is 0 Å². The van der Waals surface area contributed by atoms with Gasteiger partial charge in [0.15, 0.2) is 0 Å².